The Morgan fingerprint density at radius 2 is 1.89 bits per heavy atom. The number of carbonyl (C=O) groups is 1. The van der Waals surface area contributed by atoms with Gasteiger partial charge in [-0.3, -0.25) is 4.79 Å². The van der Waals surface area contributed by atoms with Crippen molar-refractivity contribution in [3.8, 4) is 0 Å². The minimum absolute atomic E-state index is 0.0898. The first kappa shape index (κ1) is 14.2. The molecule has 1 unspecified atom stereocenters. The molecule has 0 aliphatic carbocycles. The van der Waals surface area contributed by atoms with Gasteiger partial charge in [0.1, 0.15) is 6.10 Å². The molecule has 1 aromatic carbocycles. The van der Waals surface area contributed by atoms with Crippen LogP contribution in [0.1, 0.15) is 36.7 Å². The van der Waals surface area contributed by atoms with Crippen molar-refractivity contribution in [1.82, 2.24) is 4.90 Å². The van der Waals surface area contributed by atoms with E-state index >= 15 is 0 Å². The quantitative estimate of drug-likeness (QED) is 0.766. The number of nitrogens with zero attached hydrogens (tertiary/aromatic N) is 1. The maximum Gasteiger partial charge on any atom is 0.192 e. The molecule has 19 heavy (non-hydrogen) atoms. The van der Waals surface area contributed by atoms with E-state index in [0.29, 0.717) is 13.2 Å². The van der Waals surface area contributed by atoms with Gasteiger partial charge in [-0.25, -0.2) is 0 Å². The first-order valence-corrected chi connectivity index (χ1v) is 6.83. The molecule has 1 fully saturated rings. The minimum Gasteiger partial charge on any atom is -0.367 e. The molecule has 2 rings (SSSR count). The molecule has 1 saturated heterocycles. The zero-order valence-corrected chi connectivity index (χ0v) is 12.3. The summed E-state index contributed by atoms with van der Waals surface area (Å²) in [6, 6.07) is 7.92. The molecular formula is C16H23NO2. The Balaban J connectivity index is 2.11. The summed E-state index contributed by atoms with van der Waals surface area (Å²) in [7, 11) is 2.02. The number of rotatable bonds is 2. The van der Waals surface area contributed by atoms with E-state index in [-0.39, 0.29) is 17.3 Å². The summed E-state index contributed by atoms with van der Waals surface area (Å²) in [5, 5.41) is 0. The molecule has 1 aromatic rings. The van der Waals surface area contributed by atoms with Crippen LogP contribution in [-0.2, 0) is 10.2 Å². The van der Waals surface area contributed by atoms with Crippen LogP contribution in [-0.4, -0.2) is 43.5 Å². The van der Waals surface area contributed by atoms with Gasteiger partial charge in [0.15, 0.2) is 5.78 Å². The molecule has 0 N–H and O–H groups in total. The minimum atomic E-state index is -0.320. The first-order chi connectivity index (χ1) is 8.88. The average Bonchev–Trinajstić information content (AvgIpc) is 2.37. The summed E-state index contributed by atoms with van der Waals surface area (Å²) >= 11 is 0. The van der Waals surface area contributed by atoms with Crippen molar-refractivity contribution in [2.45, 2.75) is 32.3 Å². The van der Waals surface area contributed by atoms with Crippen LogP contribution in [0.3, 0.4) is 0 Å². The SMILES string of the molecule is CN1CCOC(C(=O)c2ccc(C(C)(C)C)cc2)C1. The maximum absolute atomic E-state index is 12.4. The Labute approximate surface area is 115 Å². The molecule has 1 atom stereocenters. The predicted octanol–water partition coefficient (Wildman–Crippen LogP) is 2.50. The zero-order valence-electron chi connectivity index (χ0n) is 12.3. The van der Waals surface area contributed by atoms with Gasteiger partial charge in [0.05, 0.1) is 6.61 Å². The lowest BCUT2D eigenvalue weighted by Gasteiger charge is -2.29. The predicted molar refractivity (Wildman–Crippen MR) is 76.7 cm³/mol. The molecule has 1 aliphatic heterocycles. The Morgan fingerprint density at radius 1 is 1.26 bits per heavy atom. The van der Waals surface area contributed by atoms with E-state index in [1.165, 1.54) is 5.56 Å². The first-order valence-electron chi connectivity index (χ1n) is 6.83. The lowest BCUT2D eigenvalue weighted by molar-refractivity contribution is -0.00862. The molecule has 0 amide bonds. The topological polar surface area (TPSA) is 29.5 Å². The second kappa shape index (κ2) is 5.43. The normalized spacial score (nSPS) is 21.4. The smallest absolute Gasteiger partial charge is 0.192 e. The van der Waals surface area contributed by atoms with Gasteiger partial charge in [-0.1, -0.05) is 45.0 Å². The molecule has 0 spiro atoms. The number of Topliss-reactive ketones (excluding diaryl/α,β-unsaturated/α-hetero) is 1. The highest BCUT2D eigenvalue weighted by Gasteiger charge is 2.26. The molecule has 0 bridgehead atoms. The Hall–Kier alpha value is -1.19. The van der Waals surface area contributed by atoms with Crippen molar-refractivity contribution in [3.05, 3.63) is 35.4 Å². The van der Waals surface area contributed by atoms with Crippen LogP contribution >= 0.6 is 0 Å². The Kier molecular flexibility index (Phi) is 4.07. The van der Waals surface area contributed by atoms with Gasteiger partial charge in [-0.15, -0.1) is 0 Å². The van der Waals surface area contributed by atoms with Crippen LogP contribution in [0.2, 0.25) is 0 Å². The number of hydrogen-bond donors (Lipinski definition) is 0. The highest BCUT2D eigenvalue weighted by atomic mass is 16.5. The monoisotopic (exact) mass is 261 g/mol. The summed E-state index contributed by atoms with van der Waals surface area (Å²) in [4.78, 5) is 14.5. The molecule has 1 aliphatic rings. The van der Waals surface area contributed by atoms with Crippen LogP contribution in [0.25, 0.3) is 0 Å². The summed E-state index contributed by atoms with van der Waals surface area (Å²) in [5.74, 6) is 0.0898. The summed E-state index contributed by atoms with van der Waals surface area (Å²) in [5.41, 5.74) is 2.10. The number of ketones is 1. The van der Waals surface area contributed by atoms with Gasteiger partial charge in [0.25, 0.3) is 0 Å². The van der Waals surface area contributed by atoms with Gasteiger partial charge in [0, 0.05) is 18.7 Å². The average molecular weight is 261 g/mol. The number of hydrogen-bond acceptors (Lipinski definition) is 3. The van der Waals surface area contributed by atoms with E-state index in [2.05, 4.69) is 25.7 Å². The van der Waals surface area contributed by atoms with Gasteiger partial charge < -0.3 is 9.64 Å². The third-order valence-corrected chi connectivity index (χ3v) is 3.60. The fourth-order valence-electron chi connectivity index (χ4n) is 2.26. The maximum atomic E-state index is 12.4. The van der Waals surface area contributed by atoms with E-state index in [1.807, 2.05) is 31.3 Å². The molecule has 104 valence electrons. The highest BCUT2D eigenvalue weighted by Crippen LogP contribution is 2.23. The lowest BCUT2D eigenvalue weighted by Crippen LogP contribution is -2.44. The van der Waals surface area contributed by atoms with Crippen molar-refractivity contribution in [2.75, 3.05) is 26.7 Å². The van der Waals surface area contributed by atoms with Crippen molar-refractivity contribution in [2.24, 2.45) is 0 Å². The summed E-state index contributed by atoms with van der Waals surface area (Å²) < 4.78 is 5.57. The number of likely N-dealkylation sites (N-methyl/N-ethyl adjacent to an activating group) is 1. The van der Waals surface area contributed by atoms with Crippen molar-refractivity contribution < 1.29 is 9.53 Å². The van der Waals surface area contributed by atoms with Crippen LogP contribution in [0, 0.1) is 0 Å². The van der Waals surface area contributed by atoms with Crippen LogP contribution in [0.15, 0.2) is 24.3 Å². The molecule has 0 radical (unpaired) electrons. The number of carbonyl (C=O) groups excluding carboxylic acids is 1. The standard InChI is InChI=1S/C16H23NO2/c1-16(2,3)13-7-5-12(6-8-13)15(18)14-11-17(4)9-10-19-14/h5-8,14H,9-11H2,1-4H3. The van der Waals surface area contributed by atoms with Crippen LogP contribution in [0.5, 0.6) is 0 Å². The van der Waals surface area contributed by atoms with E-state index in [1.54, 1.807) is 0 Å². The van der Waals surface area contributed by atoms with Gasteiger partial charge in [-0.05, 0) is 18.0 Å². The van der Waals surface area contributed by atoms with Crippen LogP contribution < -0.4 is 0 Å². The fraction of sp³-hybridized carbons (Fsp3) is 0.562. The molecule has 0 aromatic heterocycles. The van der Waals surface area contributed by atoms with E-state index in [4.69, 9.17) is 4.74 Å². The van der Waals surface area contributed by atoms with Crippen molar-refractivity contribution in [3.63, 3.8) is 0 Å². The molecular weight excluding hydrogens is 238 g/mol. The van der Waals surface area contributed by atoms with Crippen LogP contribution in [0.4, 0.5) is 0 Å². The Morgan fingerprint density at radius 3 is 2.42 bits per heavy atom. The summed E-state index contributed by atoms with van der Waals surface area (Å²) in [6.45, 7) is 8.72. The third-order valence-electron chi connectivity index (χ3n) is 3.60. The van der Waals surface area contributed by atoms with Gasteiger partial charge in [-0.2, -0.15) is 0 Å². The third kappa shape index (κ3) is 3.43. The molecule has 0 saturated carbocycles. The highest BCUT2D eigenvalue weighted by molar-refractivity contribution is 5.99. The number of morpholine rings is 1. The van der Waals surface area contributed by atoms with Crippen molar-refractivity contribution >= 4 is 5.78 Å². The van der Waals surface area contributed by atoms with Gasteiger partial charge in [0.2, 0.25) is 0 Å². The lowest BCUT2D eigenvalue weighted by atomic mass is 9.86. The molecule has 1 heterocycles. The van der Waals surface area contributed by atoms with E-state index < -0.39 is 0 Å². The largest absolute Gasteiger partial charge is 0.367 e. The molecule has 3 nitrogen and oxygen atoms in total. The Bertz CT molecular complexity index is 445. The van der Waals surface area contributed by atoms with Gasteiger partial charge >= 0.3 is 0 Å². The molecule has 3 heteroatoms. The number of ether oxygens (including phenoxy) is 1. The second-order valence-corrected chi connectivity index (χ2v) is 6.31. The second-order valence-electron chi connectivity index (χ2n) is 6.31. The summed E-state index contributed by atoms with van der Waals surface area (Å²) in [6.07, 6.45) is -0.320. The fourth-order valence-corrected chi connectivity index (χ4v) is 2.26. The van der Waals surface area contributed by atoms with E-state index in [9.17, 15) is 4.79 Å². The zero-order chi connectivity index (χ0) is 14.0. The van der Waals surface area contributed by atoms with E-state index in [0.717, 1.165) is 12.1 Å². The van der Waals surface area contributed by atoms with Crippen molar-refractivity contribution in [1.29, 1.82) is 0 Å². The number of benzene rings is 1.